The van der Waals surface area contributed by atoms with E-state index in [1.807, 2.05) is 0 Å². The lowest BCUT2D eigenvalue weighted by Crippen LogP contribution is -2.20. The standard InChI is InChI=1S/C11H11BrN4O2/c12-8-6-13-7-9(11(8)18)15-10(17)2-5-16-4-1-3-14-16/h1,3-4,6-7H,2,5H2,(H,13,18)(H,15,17). The Morgan fingerprint density at radius 1 is 1.50 bits per heavy atom. The highest BCUT2D eigenvalue weighted by Crippen LogP contribution is 2.05. The molecule has 0 saturated carbocycles. The summed E-state index contributed by atoms with van der Waals surface area (Å²) in [5, 5.41) is 6.55. The molecule has 1 amide bonds. The second-order valence-corrected chi connectivity index (χ2v) is 4.47. The predicted molar refractivity (Wildman–Crippen MR) is 70.2 cm³/mol. The summed E-state index contributed by atoms with van der Waals surface area (Å²) in [7, 11) is 0. The number of amides is 1. The third kappa shape index (κ3) is 3.07. The lowest BCUT2D eigenvalue weighted by Gasteiger charge is -2.04. The molecule has 0 bridgehead atoms. The number of nitrogens with zero attached hydrogens (tertiary/aromatic N) is 2. The molecular formula is C11H11BrN4O2. The molecule has 18 heavy (non-hydrogen) atoms. The summed E-state index contributed by atoms with van der Waals surface area (Å²) in [6.45, 7) is 0.477. The number of carbonyl (C=O) groups is 1. The Morgan fingerprint density at radius 2 is 2.33 bits per heavy atom. The molecule has 2 N–H and O–H groups in total. The molecule has 6 nitrogen and oxygen atoms in total. The number of nitrogens with one attached hydrogen (secondary N) is 2. The molecule has 0 spiro atoms. The van der Waals surface area contributed by atoms with E-state index in [-0.39, 0.29) is 23.4 Å². The van der Waals surface area contributed by atoms with Crippen molar-refractivity contribution >= 4 is 27.5 Å². The Bertz CT molecular complexity index is 591. The van der Waals surface area contributed by atoms with Crippen LogP contribution in [0.3, 0.4) is 0 Å². The van der Waals surface area contributed by atoms with Gasteiger partial charge in [-0.3, -0.25) is 14.3 Å². The Kier molecular flexibility index (Phi) is 3.93. The number of carbonyl (C=O) groups excluding carboxylic acids is 1. The van der Waals surface area contributed by atoms with Crippen molar-refractivity contribution in [1.29, 1.82) is 0 Å². The van der Waals surface area contributed by atoms with Crippen LogP contribution in [0.1, 0.15) is 6.42 Å². The van der Waals surface area contributed by atoms with Gasteiger partial charge in [0.2, 0.25) is 11.3 Å². The monoisotopic (exact) mass is 310 g/mol. The lowest BCUT2D eigenvalue weighted by molar-refractivity contribution is -0.116. The average molecular weight is 311 g/mol. The van der Waals surface area contributed by atoms with Crippen molar-refractivity contribution in [3.8, 4) is 0 Å². The van der Waals surface area contributed by atoms with Gasteiger partial charge in [0.15, 0.2) is 0 Å². The SMILES string of the molecule is O=C(CCn1cccn1)Nc1c[nH]cc(Br)c1=O. The molecule has 0 aliphatic rings. The molecule has 7 heteroatoms. The Labute approximate surface area is 111 Å². The molecule has 94 valence electrons. The first-order valence-corrected chi connectivity index (χ1v) is 6.10. The zero-order valence-electron chi connectivity index (χ0n) is 9.39. The largest absolute Gasteiger partial charge is 0.365 e. The number of pyridine rings is 1. The van der Waals surface area contributed by atoms with E-state index in [1.54, 1.807) is 23.1 Å². The highest BCUT2D eigenvalue weighted by atomic mass is 79.9. The molecule has 0 aliphatic heterocycles. The van der Waals surface area contributed by atoms with Gasteiger partial charge in [-0.15, -0.1) is 0 Å². The Balaban J connectivity index is 1.95. The first-order chi connectivity index (χ1) is 8.66. The molecule has 2 aromatic rings. The normalized spacial score (nSPS) is 10.3. The fourth-order valence-electron chi connectivity index (χ4n) is 1.41. The maximum atomic E-state index is 11.7. The van der Waals surface area contributed by atoms with Crippen LogP contribution in [0.4, 0.5) is 5.69 Å². The molecule has 0 aliphatic carbocycles. The summed E-state index contributed by atoms with van der Waals surface area (Å²) in [6, 6.07) is 1.79. The van der Waals surface area contributed by atoms with Crippen molar-refractivity contribution in [2.45, 2.75) is 13.0 Å². The number of aromatic amines is 1. The minimum atomic E-state index is -0.249. The summed E-state index contributed by atoms with van der Waals surface area (Å²) in [5.41, 5.74) is -0.0176. The van der Waals surface area contributed by atoms with E-state index in [0.29, 0.717) is 11.0 Å². The van der Waals surface area contributed by atoms with Gasteiger partial charge < -0.3 is 10.3 Å². The first-order valence-electron chi connectivity index (χ1n) is 5.30. The maximum Gasteiger partial charge on any atom is 0.226 e. The van der Waals surface area contributed by atoms with E-state index in [2.05, 4.69) is 31.3 Å². The zero-order chi connectivity index (χ0) is 13.0. The third-order valence-electron chi connectivity index (χ3n) is 2.30. The van der Waals surface area contributed by atoms with Crippen molar-refractivity contribution < 1.29 is 4.79 Å². The van der Waals surface area contributed by atoms with Gasteiger partial charge in [-0.2, -0.15) is 5.10 Å². The molecule has 2 heterocycles. The first kappa shape index (κ1) is 12.6. The van der Waals surface area contributed by atoms with E-state index in [9.17, 15) is 9.59 Å². The van der Waals surface area contributed by atoms with Gasteiger partial charge in [-0.05, 0) is 22.0 Å². The van der Waals surface area contributed by atoms with Gasteiger partial charge in [0.25, 0.3) is 0 Å². The van der Waals surface area contributed by atoms with Crippen LogP contribution in [0.5, 0.6) is 0 Å². The number of aryl methyl sites for hydroxylation is 1. The minimum Gasteiger partial charge on any atom is -0.365 e. The van der Waals surface area contributed by atoms with Crippen LogP contribution in [0.15, 0.2) is 40.1 Å². The summed E-state index contributed by atoms with van der Waals surface area (Å²) >= 11 is 3.10. The molecule has 2 rings (SSSR count). The van der Waals surface area contributed by atoms with Crippen molar-refractivity contribution in [3.63, 3.8) is 0 Å². The van der Waals surface area contributed by atoms with Gasteiger partial charge in [-0.25, -0.2) is 0 Å². The van der Waals surface area contributed by atoms with E-state index in [4.69, 9.17) is 0 Å². The number of hydrogen-bond acceptors (Lipinski definition) is 3. The van der Waals surface area contributed by atoms with E-state index in [1.165, 1.54) is 12.4 Å². The van der Waals surface area contributed by atoms with Crippen LogP contribution >= 0.6 is 15.9 Å². The highest BCUT2D eigenvalue weighted by molar-refractivity contribution is 9.10. The minimum absolute atomic E-state index is 0.228. The second kappa shape index (κ2) is 5.63. The molecule has 0 atom stereocenters. The smallest absolute Gasteiger partial charge is 0.226 e. The molecule has 0 aromatic carbocycles. The van der Waals surface area contributed by atoms with Crippen LogP contribution in [0.25, 0.3) is 0 Å². The van der Waals surface area contributed by atoms with E-state index < -0.39 is 0 Å². The van der Waals surface area contributed by atoms with Crippen molar-refractivity contribution in [1.82, 2.24) is 14.8 Å². The number of hydrogen-bond donors (Lipinski definition) is 2. The van der Waals surface area contributed by atoms with Crippen LogP contribution in [-0.4, -0.2) is 20.7 Å². The fraction of sp³-hybridized carbons (Fsp3) is 0.182. The van der Waals surface area contributed by atoms with Crippen LogP contribution in [-0.2, 0) is 11.3 Å². The number of halogens is 1. The van der Waals surface area contributed by atoms with Gasteiger partial charge in [0.05, 0.1) is 4.47 Å². The maximum absolute atomic E-state index is 11.7. The zero-order valence-corrected chi connectivity index (χ0v) is 11.0. The van der Waals surface area contributed by atoms with Crippen LogP contribution < -0.4 is 10.7 Å². The third-order valence-corrected chi connectivity index (χ3v) is 2.89. The van der Waals surface area contributed by atoms with Gasteiger partial charge in [0, 0.05) is 37.8 Å². The molecule has 2 aromatic heterocycles. The summed E-state index contributed by atoms with van der Waals surface area (Å²) < 4.78 is 2.04. The summed E-state index contributed by atoms with van der Waals surface area (Å²) in [5.74, 6) is -0.228. The summed E-state index contributed by atoms with van der Waals surface area (Å²) in [4.78, 5) is 26.1. The molecule has 0 fully saturated rings. The molecular weight excluding hydrogens is 300 g/mol. The number of anilines is 1. The van der Waals surface area contributed by atoms with Crippen LogP contribution in [0.2, 0.25) is 0 Å². The van der Waals surface area contributed by atoms with E-state index in [0.717, 1.165) is 0 Å². The quantitative estimate of drug-likeness (QED) is 0.895. The van der Waals surface area contributed by atoms with Crippen molar-refractivity contribution in [2.24, 2.45) is 0 Å². The molecule has 0 radical (unpaired) electrons. The van der Waals surface area contributed by atoms with Crippen molar-refractivity contribution in [2.75, 3.05) is 5.32 Å². The Morgan fingerprint density at radius 3 is 3.06 bits per heavy atom. The second-order valence-electron chi connectivity index (χ2n) is 3.61. The fourth-order valence-corrected chi connectivity index (χ4v) is 1.76. The Hall–Kier alpha value is -1.89. The number of H-pyrrole nitrogens is 1. The average Bonchev–Trinajstić information content (AvgIpc) is 2.86. The van der Waals surface area contributed by atoms with E-state index >= 15 is 0 Å². The summed E-state index contributed by atoms with van der Waals surface area (Å²) in [6.07, 6.45) is 6.66. The number of aromatic nitrogens is 3. The highest BCUT2D eigenvalue weighted by Gasteiger charge is 2.07. The van der Waals surface area contributed by atoms with Gasteiger partial charge in [-0.1, -0.05) is 0 Å². The molecule has 0 saturated heterocycles. The number of rotatable bonds is 4. The molecule has 0 unspecified atom stereocenters. The lowest BCUT2D eigenvalue weighted by atomic mass is 10.3. The van der Waals surface area contributed by atoms with Gasteiger partial charge in [0.1, 0.15) is 5.69 Å². The topological polar surface area (TPSA) is 79.8 Å². The van der Waals surface area contributed by atoms with Gasteiger partial charge >= 0.3 is 0 Å². The predicted octanol–water partition coefficient (Wildman–Crippen LogP) is 1.36. The van der Waals surface area contributed by atoms with Crippen molar-refractivity contribution in [3.05, 3.63) is 45.5 Å². The van der Waals surface area contributed by atoms with Crippen LogP contribution in [0, 0.1) is 0 Å².